The first-order valence-corrected chi connectivity index (χ1v) is 8.21. The summed E-state index contributed by atoms with van der Waals surface area (Å²) in [7, 11) is 0. The molecule has 2 aromatic rings. The Morgan fingerprint density at radius 3 is 2.61 bits per heavy atom. The van der Waals surface area contributed by atoms with E-state index in [1.54, 1.807) is 0 Å². The molecule has 1 aliphatic heterocycles. The minimum atomic E-state index is -0.375. The van der Waals surface area contributed by atoms with Gasteiger partial charge in [-0.1, -0.05) is 42.8 Å². The van der Waals surface area contributed by atoms with Crippen LogP contribution in [-0.2, 0) is 0 Å². The molecule has 2 aliphatic rings. The summed E-state index contributed by atoms with van der Waals surface area (Å²) in [4.78, 5) is 9.44. The van der Waals surface area contributed by atoms with Crippen LogP contribution < -0.4 is 16.4 Å². The van der Waals surface area contributed by atoms with Crippen LogP contribution in [0.25, 0.3) is 10.8 Å². The van der Waals surface area contributed by atoms with E-state index in [0.717, 1.165) is 31.4 Å². The molecule has 1 spiro atoms. The Kier molecular flexibility index (Phi) is 3.41. The smallest absolute Gasteiger partial charge is 0.205 e. The van der Waals surface area contributed by atoms with Crippen LogP contribution in [-0.4, -0.2) is 17.6 Å². The molecular formula is C18H21N5. The molecule has 1 saturated carbocycles. The van der Waals surface area contributed by atoms with Gasteiger partial charge in [-0.25, -0.2) is 9.98 Å². The lowest BCUT2D eigenvalue weighted by Crippen LogP contribution is -2.49. The van der Waals surface area contributed by atoms with Crippen LogP contribution >= 0.6 is 0 Å². The van der Waals surface area contributed by atoms with E-state index in [2.05, 4.69) is 39.9 Å². The van der Waals surface area contributed by atoms with E-state index in [4.69, 9.17) is 10.7 Å². The Morgan fingerprint density at radius 1 is 0.957 bits per heavy atom. The minimum absolute atomic E-state index is 0.375. The predicted octanol–water partition coefficient (Wildman–Crippen LogP) is 3.19. The maximum Gasteiger partial charge on any atom is 0.205 e. The Bertz CT molecular complexity index is 782. The van der Waals surface area contributed by atoms with Gasteiger partial charge in [0.25, 0.3) is 0 Å². The fourth-order valence-electron chi connectivity index (χ4n) is 3.50. The van der Waals surface area contributed by atoms with Crippen molar-refractivity contribution in [2.75, 3.05) is 5.32 Å². The Balaban J connectivity index is 1.67. The summed E-state index contributed by atoms with van der Waals surface area (Å²) in [5, 5.41) is 8.83. The number of fused-ring (bicyclic) bond motifs is 1. The van der Waals surface area contributed by atoms with E-state index < -0.39 is 0 Å². The maximum absolute atomic E-state index is 6.02. The van der Waals surface area contributed by atoms with Gasteiger partial charge in [0.2, 0.25) is 5.96 Å². The zero-order chi connectivity index (χ0) is 15.7. The quantitative estimate of drug-likeness (QED) is 0.757. The number of hydrogen-bond donors (Lipinski definition) is 3. The van der Waals surface area contributed by atoms with E-state index in [0.29, 0.717) is 11.9 Å². The van der Waals surface area contributed by atoms with Crippen LogP contribution in [0.3, 0.4) is 0 Å². The van der Waals surface area contributed by atoms with Gasteiger partial charge in [0.05, 0.1) is 0 Å². The maximum atomic E-state index is 6.02. The van der Waals surface area contributed by atoms with Crippen molar-refractivity contribution in [1.29, 1.82) is 0 Å². The Morgan fingerprint density at radius 2 is 1.74 bits per heavy atom. The highest BCUT2D eigenvalue weighted by atomic mass is 15.3. The average Bonchev–Trinajstić information content (AvgIpc) is 2.55. The third-order valence-electron chi connectivity index (χ3n) is 4.59. The standard InChI is InChI=1S/C18H21N5/c19-16-21-17(23-18(22-16)11-4-1-5-12-18)20-15-10-6-8-13-7-2-3-9-14(13)15/h2-3,6-10H,1,4-5,11-12H2,(H4,19,20,21,22,23). The highest BCUT2D eigenvalue weighted by Gasteiger charge is 2.34. The van der Waals surface area contributed by atoms with Crippen molar-refractivity contribution in [3.8, 4) is 0 Å². The molecule has 0 saturated heterocycles. The molecule has 4 N–H and O–H groups in total. The fraction of sp³-hybridized carbons (Fsp3) is 0.333. The van der Waals surface area contributed by atoms with Crippen LogP contribution in [0.5, 0.6) is 0 Å². The lowest BCUT2D eigenvalue weighted by molar-refractivity contribution is 0.307. The molecule has 5 heteroatoms. The first kappa shape index (κ1) is 14.1. The summed E-state index contributed by atoms with van der Waals surface area (Å²) in [6.07, 6.45) is 5.50. The summed E-state index contributed by atoms with van der Waals surface area (Å²) in [6, 6.07) is 14.5. The van der Waals surface area contributed by atoms with Gasteiger partial charge in [0, 0.05) is 11.1 Å². The van der Waals surface area contributed by atoms with Gasteiger partial charge >= 0.3 is 0 Å². The van der Waals surface area contributed by atoms with Crippen molar-refractivity contribution in [3.05, 3.63) is 42.5 Å². The molecule has 0 aromatic heterocycles. The molecule has 0 bridgehead atoms. The number of hydrogen-bond acceptors (Lipinski definition) is 5. The number of rotatable bonds is 1. The molecule has 0 atom stereocenters. The number of guanidine groups is 2. The summed E-state index contributed by atoms with van der Waals surface area (Å²) in [5.74, 6) is 1.14. The van der Waals surface area contributed by atoms with Crippen molar-refractivity contribution < 1.29 is 0 Å². The van der Waals surface area contributed by atoms with E-state index in [9.17, 15) is 0 Å². The lowest BCUT2D eigenvalue weighted by atomic mass is 9.90. The topological polar surface area (TPSA) is 74.8 Å². The number of nitrogens with one attached hydrogen (secondary N) is 2. The summed E-state index contributed by atoms with van der Waals surface area (Å²) >= 11 is 0. The molecule has 4 rings (SSSR count). The van der Waals surface area contributed by atoms with Crippen molar-refractivity contribution in [1.82, 2.24) is 5.32 Å². The molecule has 1 heterocycles. The van der Waals surface area contributed by atoms with Crippen molar-refractivity contribution in [2.45, 2.75) is 37.8 Å². The molecule has 0 unspecified atom stereocenters. The molecule has 118 valence electrons. The van der Waals surface area contributed by atoms with Crippen molar-refractivity contribution in [3.63, 3.8) is 0 Å². The van der Waals surface area contributed by atoms with Crippen molar-refractivity contribution in [2.24, 2.45) is 15.7 Å². The Hall–Kier alpha value is -2.56. The highest BCUT2D eigenvalue weighted by molar-refractivity contribution is 6.09. The molecule has 2 aromatic carbocycles. The first-order chi connectivity index (χ1) is 11.2. The highest BCUT2D eigenvalue weighted by Crippen LogP contribution is 2.34. The second-order valence-corrected chi connectivity index (χ2v) is 6.28. The van der Waals surface area contributed by atoms with Gasteiger partial charge < -0.3 is 11.1 Å². The van der Waals surface area contributed by atoms with Crippen LogP contribution in [0.15, 0.2) is 52.4 Å². The molecular weight excluding hydrogens is 286 g/mol. The minimum Gasteiger partial charge on any atom is -0.370 e. The zero-order valence-corrected chi connectivity index (χ0v) is 13.0. The van der Waals surface area contributed by atoms with Gasteiger partial charge in [-0.15, -0.1) is 0 Å². The molecule has 0 radical (unpaired) electrons. The molecule has 1 aliphatic carbocycles. The molecule has 1 fully saturated rings. The van der Waals surface area contributed by atoms with Crippen LogP contribution in [0.4, 0.5) is 5.69 Å². The largest absolute Gasteiger partial charge is 0.370 e. The summed E-state index contributed by atoms with van der Waals surface area (Å²) in [6.45, 7) is 0. The lowest BCUT2D eigenvalue weighted by Gasteiger charge is -2.34. The summed E-state index contributed by atoms with van der Waals surface area (Å²) in [5.41, 5.74) is 6.66. The van der Waals surface area contributed by atoms with Gasteiger partial charge in [-0.2, -0.15) is 0 Å². The fourth-order valence-corrected chi connectivity index (χ4v) is 3.50. The molecule has 0 amide bonds. The van der Waals surface area contributed by atoms with E-state index in [1.165, 1.54) is 17.2 Å². The molecule has 5 nitrogen and oxygen atoms in total. The second-order valence-electron chi connectivity index (χ2n) is 6.28. The number of nitrogens with zero attached hydrogens (tertiary/aromatic N) is 2. The zero-order valence-electron chi connectivity index (χ0n) is 13.0. The van der Waals surface area contributed by atoms with Gasteiger partial charge in [0.15, 0.2) is 11.6 Å². The number of aliphatic imine (C=N–C) groups is 2. The number of benzene rings is 2. The van der Waals surface area contributed by atoms with Gasteiger partial charge in [-0.3, -0.25) is 5.32 Å². The number of nitrogens with two attached hydrogens (primary N) is 1. The van der Waals surface area contributed by atoms with Crippen LogP contribution in [0.2, 0.25) is 0 Å². The van der Waals surface area contributed by atoms with E-state index in [1.807, 2.05) is 18.2 Å². The Labute approximate surface area is 135 Å². The first-order valence-electron chi connectivity index (χ1n) is 8.21. The van der Waals surface area contributed by atoms with Crippen molar-refractivity contribution >= 4 is 28.4 Å². The van der Waals surface area contributed by atoms with E-state index >= 15 is 0 Å². The van der Waals surface area contributed by atoms with Crippen LogP contribution in [0.1, 0.15) is 32.1 Å². The predicted molar refractivity (Wildman–Crippen MR) is 95.6 cm³/mol. The van der Waals surface area contributed by atoms with Crippen LogP contribution in [0, 0.1) is 0 Å². The SMILES string of the molecule is NC1=NC2(CCCCC2)N=C(Nc2cccc3ccccc23)N1. The third-order valence-corrected chi connectivity index (χ3v) is 4.59. The normalized spacial score (nSPS) is 19.8. The summed E-state index contributed by atoms with van der Waals surface area (Å²) < 4.78 is 0. The monoisotopic (exact) mass is 307 g/mol. The molecule has 23 heavy (non-hydrogen) atoms. The van der Waals surface area contributed by atoms with Gasteiger partial charge in [-0.05, 0) is 37.1 Å². The van der Waals surface area contributed by atoms with Gasteiger partial charge in [0.1, 0.15) is 0 Å². The second kappa shape index (κ2) is 5.57. The third kappa shape index (κ3) is 2.74. The number of anilines is 1. The average molecular weight is 307 g/mol. The van der Waals surface area contributed by atoms with E-state index in [-0.39, 0.29) is 5.66 Å².